The highest BCUT2D eigenvalue weighted by molar-refractivity contribution is 9.10. The quantitative estimate of drug-likeness (QED) is 0.707. The standard InChI is InChI=1S/C18H15BrN2O2/c1-11-10-14(19)8-9-15(11)20-17(22)16-12(2)23-18(21-16)13-6-4-3-5-7-13/h3-10H,1-2H3,(H,20,22). The van der Waals surface area contributed by atoms with Crippen molar-refractivity contribution in [3.05, 3.63) is 70.0 Å². The van der Waals surface area contributed by atoms with Gasteiger partial charge in [-0.05, 0) is 49.7 Å². The van der Waals surface area contributed by atoms with Gasteiger partial charge in [0.15, 0.2) is 5.69 Å². The van der Waals surface area contributed by atoms with Gasteiger partial charge in [-0.15, -0.1) is 0 Å². The molecule has 0 saturated carbocycles. The van der Waals surface area contributed by atoms with Crippen molar-refractivity contribution in [2.75, 3.05) is 5.32 Å². The van der Waals surface area contributed by atoms with Gasteiger partial charge in [0.2, 0.25) is 5.89 Å². The third-order valence-electron chi connectivity index (χ3n) is 3.47. The molecule has 1 aromatic heterocycles. The van der Waals surface area contributed by atoms with Crippen LogP contribution in [0.2, 0.25) is 0 Å². The molecule has 1 amide bonds. The zero-order valence-electron chi connectivity index (χ0n) is 12.8. The Hall–Kier alpha value is -2.40. The number of benzene rings is 2. The van der Waals surface area contributed by atoms with Crippen molar-refractivity contribution in [2.45, 2.75) is 13.8 Å². The summed E-state index contributed by atoms with van der Waals surface area (Å²) < 4.78 is 6.60. The van der Waals surface area contributed by atoms with Crippen molar-refractivity contribution in [3.63, 3.8) is 0 Å². The van der Waals surface area contributed by atoms with Gasteiger partial charge in [0.25, 0.3) is 5.91 Å². The van der Waals surface area contributed by atoms with Gasteiger partial charge in [-0.25, -0.2) is 4.98 Å². The highest BCUT2D eigenvalue weighted by atomic mass is 79.9. The average molecular weight is 371 g/mol. The van der Waals surface area contributed by atoms with E-state index in [1.807, 2.05) is 55.5 Å². The van der Waals surface area contributed by atoms with Crippen molar-refractivity contribution in [1.82, 2.24) is 4.98 Å². The topological polar surface area (TPSA) is 55.1 Å². The van der Waals surface area contributed by atoms with Gasteiger partial charge in [-0.2, -0.15) is 0 Å². The predicted molar refractivity (Wildman–Crippen MR) is 93.5 cm³/mol. The Morgan fingerprint density at radius 2 is 1.87 bits per heavy atom. The van der Waals surface area contributed by atoms with Gasteiger partial charge >= 0.3 is 0 Å². The number of nitrogens with one attached hydrogen (secondary N) is 1. The zero-order chi connectivity index (χ0) is 16.4. The SMILES string of the molecule is Cc1cc(Br)ccc1NC(=O)c1nc(-c2ccccc2)oc1C. The first-order valence-corrected chi connectivity index (χ1v) is 7.94. The minimum atomic E-state index is -0.279. The van der Waals surface area contributed by atoms with Crippen LogP contribution in [-0.4, -0.2) is 10.9 Å². The van der Waals surface area contributed by atoms with E-state index in [9.17, 15) is 4.79 Å². The van der Waals surface area contributed by atoms with E-state index in [2.05, 4.69) is 26.2 Å². The molecule has 0 unspecified atom stereocenters. The summed E-state index contributed by atoms with van der Waals surface area (Å²) in [5.74, 6) is 0.663. The number of hydrogen-bond acceptors (Lipinski definition) is 3. The number of rotatable bonds is 3. The van der Waals surface area contributed by atoms with Crippen molar-refractivity contribution in [2.24, 2.45) is 0 Å². The molecule has 0 saturated heterocycles. The van der Waals surface area contributed by atoms with Crippen LogP contribution in [0.25, 0.3) is 11.5 Å². The Morgan fingerprint density at radius 3 is 2.57 bits per heavy atom. The van der Waals surface area contributed by atoms with Crippen LogP contribution in [0, 0.1) is 13.8 Å². The monoisotopic (exact) mass is 370 g/mol. The van der Waals surface area contributed by atoms with E-state index in [1.54, 1.807) is 6.92 Å². The highest BCUT2D eigenvalue weighted by Gasteiger charge is 2.18. The molecule has 0 radical (unpaired) electrons. The molecule has 0 aliphatic heterocycles. The van der Waals surface area contributed by atoms with Gasteiger partial charge in [-0.3, -0.25) is 4.79 Å². The van der Waals surface area contributed by atoms with Gasteiger partial charge in [0.05, 0.1) is 0 Å². The summed E-state index contributed by atoms with van der Waals surface area (Å²) in [6.45, 7) is 3.67. The largest absolute Gasteiger partial charge is 0.441 e. The molecule has 2 aromatic carbocycles. The van der Waals surface area contributed by atoms with Gasteiger partial charge in [0, 0.05) is 15.7 Å². The fourth-order valence-electron chi connectivity index (χ4n) is 2.26. The lowest BCUT2D eigenvalue weighted by Crippen LogP contribution is -2.14. The maximum atomic E-state index is 12.5. The fourth-order valence-corrected chi connectivity index (χ4v) is 2.74. The summed E-state index contributed by atoms with van der Waals surface area (Å²) in [6.07, 6.45) is 0. The summed E-state index contributed by atoms with van der Waals surface area (Å²) in [5, 5.41) is 2.88. The lowest BCUT2D eigenvalue weighted by atomic mass is 10.2. The van der Waals surface area contributed by atoms with Gasteiger partial charge in [0.1, 0.15) is 5.76 Å². The summed E-state index contributed by atoms with van der Waals surface area (Å²) in [4.78, 5) is 16.8. The van der Waals surface area contributed by atoms with Crippen molar-refractivity contribution in [1.29, 1.82) is 0 Å². The molecule has 5 heteroatoms. The van der Waals surface area contributed by atoms with Crippen LogP contribution in [0.1, 0.15) is 21.8 Å². The van der Waals surface area contributed by atoms with E-state index in [0.29, 0.717) is 17.3 Å². The van der Waals surface area contributed by atoms with Crippen molar-refractivity contribution in [3.8, 4) is 11.5 Å². The number of halogens is 1. The number of carbonyl (C=O) groups is 1. The highest BCUT2D eigenvalue weighted by Crippen LogP contribution is 2.24. The molecular weight excluding hydrogens is 356 g/mol. The Bertz CT molecular complexity index is 857. The number of amides is 1. The number of anilines is 1. The van der Waals surface area contributed by atoms with E-state index < -0.39 is 0 Å². The minimum absolute atomic E-state index is 0.279. The lowest BCUT2D eigenvalue weighted by molar-refractivity contribution is 0.102. The van der Waals surface area contributed by atoms with Crippen LogP contribution >= 0.6 is 15.9 Å². The molecule has 3 rings (SSSR count). The van der Waals surface area contributed by atoms with E-state index in [0.717, 1.165) is 21.3 Å². The second-order valence-corrected chi connectivity index (χ2v) is 6.12. The molecule has 0 spiro atoms. The van der Waals surface area contributed by atoms with Crippen molar-refractivity contribution >= 4 is 27.5 Å². The third-order valence-corrected chi connectivity index (χ3v) is 3.96. The van der Waals surface area contributed by atoms with Crippen LogP contribution in [0.15, 0.2) is 57.4 Å². The van der Waals surface area contributed by atoms with E-state index >= 15 is 0 Å². The second kappa shape index (κ2) is 6.38. The van der Waals surface area contributed by atoms with Gasteiger partial charge < -0.3 is 9.73 Å². The molecule has 116 valence electrons. The number of oxazole rings is 1. The molecule has 3 aromatic rings. The number of hydrogen-bond donors (Lipinski definition) is 1. The Labute approximate surface area is 142 Å². The molecule has 1 heterocycles. The maximum absolute atomic E-state index is 12.5. The van der Waals surface area contributed by atoms with Gasteiger partial charge in [-0.1, -0.05) is 34.1 Å². The van der Waals surface area contributed by atoms with Crippen LogP contribution in [-0.2, 0) is 0 Å². The molecule has 0 aliphatic rings. The molecule has 0 bridgehead atoms. The number of nitrogens with zero attached hydrogens (tertiary/aromatic N) is 1. The summed E-state index contributed by atoms with van der Waals surface area (Å²) in [6, 6.07) is 15.2. The molecule has 23 heavy (non-hydrogen) atoms. The molecular formula is C18H15BrN2O2. The molecule has 0 aliphatic carbocycles. The van der Waals surface area contributed by atoms with E-state index in [4.69, 9.17) is 4.42 Å². The van der Waals surface area contributed by atoms with E-state index in [1.165, 1.54) is 0 Å². The molecule has 0 fully saturated rings. The van der Waals surface area contributed by atoms with Crippen LogP contribution in [0.4, 0.5) is 5.69 Å². The summed E-state index contributed by atoms with van der Waals surface area (Å²) >= 11 is 3.41. The minimum Gasteiger partial charge on any atom is -0.441 e. The third kappa shape index (κ3) is 3.35. The Kier molecular flexibility index (Phi) is 4.30. The first kappa shape index (κ1) is 15.5. The zero-order valence-corrected chi connectivity index (χ0v) is 14.3. The normalized spacial score (nSPS) is 10.6. The summed E-state index contributed by atoms with van der Waals surface area (Å²) in [5.41, 5.74) is 2.86. The Morgan fingerprint density at radius 1 is 1.13 bits per heavy atom. The summed E-state index contributed by atoms with van der Waals surface area (Å²) in [7, 11) is 0. The van der Waals surface area contributed by atoms with Crippen LogP contribution in [0.3, 0.4) is 0 Å². The lowest BCUT2D eigenvalue weighted by Gasteiger charge is -2.07. The van der Waals surface area contributed by atoms with E-state index in [-0.39, 0.29) is 5.91 Å². The Balaban J connectivity index is 1.87. The second-order valence-electron chi connectivity index (χ2n) is 5.20. The fraction of sp³-hybridized carbons (Fsp3) is 0.111. The van der Waals surface area contributed by atoms with Crippen molar-refractivity contribution < 1.29 is 9.21 Å². The first-order valence-electron chi connectivity index (χ1n) is 7.15. The molecule has 1 N–H and O–H groups in total. The van der Waals surface area contributed by atoms with Crippen LogP contribution < -0.4 is 5.32 Å². The maximum Gasteiger partial charge on any atom is 0.277 e. The smallest absolute Gasteiger partial charge is 0.277 e. The number of aromatic nitrogens is 1. The first-order chi connectivity index (χ1) is 11.0. The predicted octanol–water partition coefficient (Wildman–Crippen LogP) is 4.97. The molecule has 4 nitrogen and oxygen atoms in total. The molecule has 0 atom stereocenters. The average Bonchev–Trinajstić information content (AvgIpc) is 2.93. The number of carbonyl (C=O) groups excluding carboxylic acids is 1. The van der Waals surface area contributed by atoms with Crippen LogP contribution in [0.5, 0.6) is 0 Å². The number of aryl methyl sites for hydroxylation is 2.